The van der Waals surface area contributed by atoms with Gasteiger partial charge in [-0.15, -0.1) is 0 Å². The highest BCUT2D eigenvalue weighted by molar-refractivity contribution is 6.08. The molecular formula is C20H22N2O4. The normalized spacial score (nSPS) is 14.0. The topological polar surface area (TPSA) is 67.9 Å². The second kappa shape index (κ2) is 8.01. The van der Waals surface area contributed by atoms with E-state index >= 15 is 0 Å². The number of hydrogen-bond donors (Lipinski definition) is 1. The van der Waals surface area contributed by atoms with Gasteiger partial charge in [-0.3, -0.25) is 4.79 Å². The first-order valence-electron chi connectivity index (χ1n) is 8.51. The molecule has 0 unspecified atom stereocenters. The summed E-state index contributed by atoms with van der Waals surface area (Å²) in [5.41, 5.74) is 3.27. The van der Waals surface area contributed by atoms with E-state index in [0.29, 0.717) is 30.0 Å². The zero-order valence-electron chi connectivity index (χ0n) is 15.0. The van der Waals surface area contributed by atoms with Crippen LogP contribution >= 0.6 is 0 Å². The van der Waals surface area contributed by atoms with Gasteiger partial charge in [0.15, 0.2) is 0 Å². The second-order valence-electron chi connectivity index (χ2n) is 6.14. The maximum Gasteiger partial charge on any atom is 0.340 e. The molecule has 1 aliphatic heterocycles. The van der Waals surface area contributed by atoms with E-state index in [1.807, 2.05) is 25.1 Å². The van der Waals surface area contributed by atoms with E-state index in [1.165, 1.54) is 7.11 Å². The van der Waals surface area contributed by atoms with Gasteiger partial charge in [-0.25, -0.2) is 4.79 Å². The van der Waals surface area contributed by atoms with Gasteiger partial charge in [-0.05, 0) is 37.3 Å². The molecule has 0 aromatic heterocycles. The van der Waals surface area contributed by atoms with Crippen LogP contribution in [0.5, 0.6) is 0 Å². The third kappa shape index (κ3) is 4.03. The minimum atomic E-state index is -0.487. The Morgan fingerprint density at radius 2 is 1.77 bits per heavy atom. The fourth-order valence-corrected chi connectivity index (χ4v) is 2.84. The van der Waals surface area contributed by atoms with Crippen molar-refractivity contribution in [2.45, 2.75) is 6.92 Å². The highest BCUT2D eigenvalue weighted by Crippen LogP contribution is 2.25. The Labute approximate surface area is 152 Å². The Kier molecular flexibility index (Phi) is 5.53. The molecule has 0 atom stereocenters. The Morgan fingerprint density at radius 3 is 2.42 bits per heavy atom. The van der Waals surface area contributed by atoms with Gasteiger partial charge >= 0.3 is 5.97 Å². The van der Waals surface area contributed by atoms with Crippen LogP contribution in [0.4, 0.5) is 11.4 Å². The van der Waals surface area contributed by atoms with Crippen molar-refractivity contribution in [1.82, 2.24) is 0 Å². The van der Waals surface area contributed by atoms with Crippen LogP contribution in [0.2, 0.25) is 0 Å². The van der Waals surface area contributed by atoms with Gasteiger partial charge in [0.25, 0.3) is 5.91 Å². The van der Waals surface area contributed by atoms with Crippen LogP contribution in [0.1, 0.15) is 26.3 Å². The van der Waals surface area contributed by atoms with E-state index in [9.17, 15) is 9.59 Å². The molecule has 26 heavy (non-hydrogen) atoms. The smallest absolute Gasteiger partial charge is 0.340 e. The van der Waals surface area contributed by atoms with Gasteiger partial charge in [0, 0.05) is 24.3 Å². The number of carbonyl (C=O) groups excluding carboxylic acids is 2. The maximum absolute atomic E-state index is 12.5. The lowest BCUT2D eigenvalue weighted by atomic mass is 10.1. The Balaban J connectivity index is 1.86. The van der Waals surface area contributed by atoms with Crippen molar-refractivity contribution >= 4 is 23.3 Å². The number of methoxy groups -OCH3 is 1. The summed E-state index contributed by atoms with van der Waals surface area (Å²) in [5, 5.41) is 2.81. The second-order valence-corrected chi connectivity index (χ2v) is 6.14. The molecule has 0 radical (unpaired) electrons. The van der Waals surface area contributed by atoms with Crippen LogP contribution in [0.15, 0.2) is 42.5 Å². The first-order valence-corrected chi connectivity index (χ1v) is 8.51. The standard InChI is InChI=1S/C20H22N2O4/c1-14-3-5-15(6-4-14)19(23)21-18-8-7-16(13-17(18)20(24)25-2)22-9-11-26-12-10-22/h3-8,13H,9-12H2,1-2H3,(H,21,23). The molecule has 1 heterocycles. The largest absolute Gasteiger partial charge is 0.465 e. The third-order valence-corrected chi connectivity index (χ3v) is 4.35. The molecular weight excluding hydrogens is 332 g/mol. The predicted octanol–water partition coefficient (Wildman–Crippen LogP) is 2.87. The number of amides is 1. The fourth-order valence-electron chi connectivity index (χ4n) is 2.84. The lowest BCUT2D eigenvalue weighted by molar-refractivity contribution is 0.0602. The van der Waals surface area contributed by atoms with Crippen LogP contribution in [0.3, 0.4) is 0 Å². The zero-order chi connectivity index (χ0) is 18.5. The summed E-state index contributed by atoms with van der Waals surface area (Å²) in [6, 6.07) is 12.6. The molecule has 1 saturated heterocycles. The van der Waals surface area contributed by atoms with Crippen molar-refractivity contribution < 1.29 is 19.1 Å². The summed E-state index contributed by atoms with van der Waals surface area (Å²) >= 11 is 0. The number of benzene rings is 2. The number of esters is 1. The maximum atomic E-state index is 12.5. The first kappa shape index (κ1) is 17.9. The number of ether oxygens (including phenoxy) is 2. The summed E-state index contributed by atoms with van der Waals surface area (Å²) in [6.45, 7) is 4.78. The van der Waals surface area contributed by atoms with E-state index in [2.05, 4.69) is 10.2 Å². The van der Waals surface area contributed by atoms with Crippen molar-refractivity contribution in [3.05, 3.63) is 59.2 Å². The van der Waals surface area contributed by atoms with E-state index in [-0.39, 0.29) is 5.91 Å². The van der Waals surface area contributed by atoms with E-state index in [0.717, 1.165) is 24.3 Å². The molecule has 0 bridgehead atoms. The zero-order valence-corrected chi connectivity index (χ0v) is 15.0. The SMILES string of the molecule is COC(=O)c1cc(N2CCOCC2)ccc1NC(=O)c1ccc(C)cc1. The number of rotatable bonds is 4. The lowest BCUT2D eigenvalue weighted by Crippen LogP contribution is -2.36. The molecule has 3 rings (SSSR count). The van der Waals surface area contributed by atoms with Gasteiger partial charge in [0.2, 0.25) is 0 Å². The first-order chi connectivity index (χ1) is 12.6. The molecule has 136 valence electrons. The van der Waals surface area contributed by atoms with Crippen LogP contribution in [0.25, 0.3) is 0 Å². The van der Waals surface area contributed by atoms with Gasteiger partial charge in [-0.2, -0.15) is 0 Å². The number of nitrogens with one attached hydrogen (secondary N) is 1. The molecule has 0 aliphatic carbocycles. The van der Waals surface area contributed by atoms with Crippen LogP contribution in [-0.2, 0) is 9.47 Å². The highest BCUT2D eigenvalue weighted by Gasteiger charge is 2.19. The molecule has 2 aromatic carbocycles. The minimum Gasteiger partial charge on any atom is -0.465 e. The van der Waals surface area contributed by atoms with Gasteiger partial charge in [0.05, 0.1) is 31.6 Å². The quantitative estimate of drug-likeness (QED) is 0.855. The number of carbonyl (C=O) groups is 2. The third-order valence-electron chi connectivity index (χ3n) is 4.35. The Morgan fingerprint density at radius 1 is 1.08 bits per heavy atom. The lowest BCUT2D eigenvalue weighted by Gasteiger charge is -2.29. The summed E-state index contributed by atoms with van der Waals surface area (Å²) in [5.74, 6) is -0.756. The fraction of sp³-hybridized carbons (Fsp3) is 0.300. The molecule has 1 amide bonds. The summed E-state index contributed by atoms with van der Waals surface area (Å²) in [7, 11) is 1.33. The van der Waals surface area contributed by atoms with E-state index in [4.69, 9.17) is 9.47 Å². The van der Waals surface area contributed by atoms with E-state index in [1.54, 1.807) is 24.3 Å². The number of nitrogens with zero attached hydrogens (tertiary/aromatic N) is 1. The Hall–Kier alpha value is -2.86. The van der Waals surface area contributed by atoms with Crippen LogP contribution in [0, 0.1) is 6.92 Å². The van der Waals surface area contributed by atoms with Gasteiger partial charge in [-0.1, -0.05) is 17.7 Å². The van der Waals surface area contributed by atoms with Gasteiger partial charge in [0.1, 0.15) is 0 Å². The average molecular weight is 354 g/mol. The highest BCUT2D eigenvalue weighted by atomic mass is 16.5. The molecule has 1 fully saturated rings. The summed E-state index contributed by atoms with van der Waals surface area (Å²) in [4.78, 5) is 26.8. The van der Waals surface area contributed by atoms with Gasteiger partial charge < -0.3 is 19.7 Å². The molecule has 0 spiro atoms. The Bertz CT molecular complexity index is 796. The number of anilines is 2. The molecule has 0 saturated carbocycles. The molecule has 1 aliphatic rings. The number of aryl methyl sites for hydroxylation is 1. The van der Waals surface area contributed by atoms with Crippen molar-refractivity contribution in [2.24, 2.45) is 0 Å². The predicted molar refractivity (Wildman–Crippen MR) is 99.9 cm³/mol. The molecule has 2 aromatic rings. The molecule has 6 nitrogen and oxygen atoms in total. The number of morpholine rings is 1. The van der Waals surface area contributed by atoms with Crippen LogP contribution < -0.4 is 10.2 Å². The molecule has 6 heteroatoms. The monoisotopic (exact) mass is 354 g/mol. The van der Waals surface area contributed by atoms with Crippen LogP contribution in [-0.4, -0.2) is 45.3 Å². The van der Waals surface area contributed by atoms with Crippen molar-refractivity contribution in [3.63, 3.8) is 0 Å². The van der Waals surface area contributed by atoms with E-state index < -0.39 is 5.97 Å². The minimum absolute atomic E-state index is 0.269. The summed E-state index contributed by atoms with van der Waals surface area (Å²) in [6.07, 6.45) is 0. The molecule has 1 N–H and O–H groups in total. The summed E-state index contributed by atoms with van der Waals surface area (Å²) < 4.78 is 10.3. The van der Waals surface area contributed by atoms with Crippen molar-refractivity contribution in [1.29, 1.82) is 0 Å². The average Bonchev–Trinajstić information content (AvgIpc) is 2.68. The van der Waals surface area contributed by atoms with Crippen molar-refractivity contribution in [3.8, 4) is 0 Å². The van der Waals surface area contributed by atoms with Crippen molar-refractivity contribution in [2.75, 3.05) is 43.6 Å². The number of hydrogen-bond acceptors (Lipinski definition) is 5.